The van der Waals surface area contributed by atoms with Gasteiger partial charge in [-0.2, -0.15) is 0 Å². The molecule has 2 amide bonds. The molecule has 11 heteroatoms. The lowest BCUT2D eigenvalue weighted by molar-refractivity contribution is 0.140. The Bertz CT molecular complexity index is 1720. The van der Waals surface area contributed by atoms with Crippen LogP contribution in [0.4, 0.5) is 9.18 Å². The van der Waals surface area contributed by atoms with Crippen LogP contribution in [0.3, 0.4) is 0 Å². The molecule has 0 unspecified atom stereocenters. The van der Waals surface area contributed by atoms with Gasteiger partial charge >= 0.3 is 6.03 Å². The molecule has 6 heterocycles. The van der Waals surface area contributed by atoms with Gasteiger partial charge in [0.05, 0.1) is 34.9 Å². The second kappa shape index (κ2) is 8.32. The summed E-state index contributed by atoms with van der Waals surface area (Å²) in [5, 5.41) is 6.33. The Morgan fingerprint density at radius 1 is 1.00 bits per heavy atom. The van der Waals surface area contributed by atoms with Gasteiger partial charge in [0, 0.05) is 62.3 Å². The third kappa shape index (κ3) is 3.45. The molecule has 0 spiro atoms. The minimum Gasteiger partial charge on any atom is -0.345 e. The molecule has 0 aliphatic carbocycles. The maximum absolute atomic E-state index is 15.0. The van der Waals surface area contributed by atoms with E-state index >= 15 is 0 Å². The van der Waals surface area contributed by atoms with Crippen LogP contribution in [-0.2, 0) is 13.1 Å². The average molecular weight is 501 g/mol. The molecular weight excluding hydrogens is 475 g/mol. The number of amides is 2. The fourth-order valence-corrected chi connectivity index (χ4v) is 5.78. The van der Waals surface area contributed by atoms with Crippen LogP contribution in [0.1, 0.15) is 24.8 Å². The van der Waals surface area contributed by atoms with Gasteiger partial charge in [-0.1, -0.05) is 0 Å². The predicted molar refractivity (Wildman–Crippen MR) is 136 cm³/mol. The van der Waals surface area contributed by atoms with Gasteiger partial charge in [-0.25, -0.2) is 14.2 Å². The van der Waals surface area contributed by atoms with E-state index in [4.69, 9.17) is 0 Å². The van der Waals surface area contributed by atoms with E-state index in [1.165, 1.54) is 12.1 Å². The summed E-state index contributed by atoms with van der Waals surface area (Å²) < 4.78 is 18.9. The summed E-state index contributed by atoms with van der Waals surface area (Å²) in [6.45, 7) is 2.91. The zero-order valence-electron chi connectivity index (χ0n) is 20.1. The first-order chi connectivity index (χ1) is 18.1. The van der Waals surface area contributed by atoms with Crippen molar-refractivity contribution < 1.29 is 9.18 Å². The molecule has 0 bridgehead atoms. The molecule has 10 nitrogen and oxygen atoms in total. The molecule has 5 aromatic rings. The Morgan fingerprint density at radius 2 is 1.86 bits per heavy atom. The monoisotopic (exact) mass is 500 g/mol. The normalized spacial score (nSPS) is 16.0. The van der Waals surface area contributed by atoms with E-state index in [0.29, 0.717) is 53.2 Å². The molecule has 4 aromatic heterocycles. The van der Waals surface area contributed by atoms with Crippen molar-refractivity contribution in [1.82, 2.24) is 38.9 Å². The number of aromatic amines is 2. The van der Waals surface area contributed by atoms with Crippen LogP contribution in [0.2, 0.25) is 0 Å². The van der Waals surface area contributed by atoms with E-state index in [2.05, 4.69) is 20.2 Å². The molecule has 0 radical (unpaired) electrons. The van der Waals surface area contributed by atoms with Crippen LogP contribution in [0.25, 0.3) is 39.1 Å². The van der Waals surface area contributed by atoms with Crippen LogP contribution in [0.15, 0.2) is 47.9 Å². The largest absolute Gasteiger partial charge is 0.345 e. The van der Waals surface area contributed by atoms with Gasteiger partial charge in [0.15, 0.2) is 5.65 Å². The number of imidazole rings is 1. The Hall–Kier alpha value is -4.41. The third-order valence-corrected chi connectivity index (χ3v) is 7.51. The predicted octanol–water partition coefficient (Wildman–Crippen LogP) is 3.60. The Balaban J connectivity index is 1.35. The van der Waals surface area contributed by atoms with Crippen LogP contribution in [0.5, 0.6) is 0 Å². The Kier molecular flexibility index (Phi) is 4.91. The van der Waals surface area contributed by atoms with Crippen LogP contribution in [0, 0.1) is 5.82 Å². The number of hydrogen-bond acceptors (Lipinski definition) is 4. The van der Waals surface area contributed by atoms with Gasteiger partial charge in [0.2, 0.25) is 0 Å². The number of carbonyl (C=O) groups is 1. The number of nitrogens with one attached hydrogen (secondary N) is 2. The summed E-state index contributed by atoms with van der Waals surface area (Å²) in [4.78, 5) is 38.6. The number of rotatable bonds is 2. The number of nitrogens with zero attached hydrogens (tertiary/aromatic N) is 6. The number of urea groups is 1. The van der Waals surface area contributed by atoms with E-state index < -0.39 is 5.82 Å². The van der Waals surface area contributed by atoms with Gasteiger partial charge in [-0.05, 0) is 37.0 Å². The molecular formula is C26H25FN8O2. The number of carbonyl (C=O) groups excluding carboxylic acids is 1. The molecule has 2 aliphatic heterocycles. The molecule has 1 aromatic carbocycles. The van der Waals surface area contributed by atoms with Gasteiger partial charge in [0.1, 0.15) is 5.82 Å². The fraction of sp³-hybridized carbons (Fsp3) is 0.308. The molecule has 0 saturated carbocycles. The lowest BCUT2D eigenvalue weighted by Gasteiger charge is -2.32. The fourth-order valence-electron chi connectivity index (χ4n) is 5.78. The number of halogens is 1. The lowest BCUT2D eigenvalue weighted by atomic mass is 10.0. The number of benzene rings is 1. The Morgan fingerprint density at radius 3 is 2.73 bits per heavy atom. The number of hydrogen-bond donors (Lipinski definition) is 2. The zero-order chi connectivity index (χ0) is 25.1. The van der Waals surface area contributed by atoms with Crippen molar-refractivity contribution in [1.29, 1.82) is 0 Å². The Labute approximate surface area is 210 Å². The minimum atomic E-state index is -0.400. The van der Waals surface area contributed by atoms with Crippen molar-refractivity contribution in [2.45, 2.75) is 32.4 Å². The van der Waals surface area contributed by atoms with E-state index in [1.807, 2.05) is 25.0 Å². The zero-order valence-corrected chi connectivity index (χ0v) is 20.1. The highest BCUT2D eigenvalue weighted by atomic mass is 19.1. The topological polar surface area (TPSA) is 107 Å². The third-order valence-electron chi connectivity index (χ3n) is 7.51. The summed E-state index contributed by atoms with van der Waals surface area (Å²) >= 11 is 0. The smallest absolute Gasteiger partial charge is 0.320 e. The first kappa shape index (κ1) is 21.8. The molecule has 7 rings (SSSR count). The van der Waals surface area contributed by atoms with Crippen LogP contribution < -0.4 is 5.56 Å². The average Bonchev–Trinajstić information content (AvgIpc) is 3.57. The van der Waals surface area contributed by atoms with E-state index in [1.54, 1.807) is 24.8 Å². The summed E-state index contributed by atoms with van der Waals surface area (Å²) in [5.41, 5.74) is 4.23. The van der Waals surface area contributed by atoms with Crippen LogP contribution >= 0.6 is 0 Å². The van der Waals surface area contributed by atoms with Crippen LogP contribution in [-0.4, -0.2) is 64.6 Å². The van der Waals surface area contributed by atoms with Crippen molar-refractivity contribution in [3.05, 3.63) is 64.9 Å². The van der Waals surface area contributed by atoms with Gasteiger partial charge in [0.25, 0.3) is 5.56 Å². The highest BCUT2D eigenvalue weighted by Crippen LogP contribution is 2.37. The quantitative estimate of drug-likeness (QED) is 0.386. The summed E-state index contributed by atoms with van der Waals surface area (Å²) in [5.74, 6) is -0.400. The summed E-state index contributed by atoms with van der Waals surface area (Å²) in [7, 11) is 0. The van der Waals surface area contributed by atoms with Crippen molar-refractivity contribution in [2.24, 2.45) is 0 Å². The van der Waals surface area contributed by atoms with Crippen molar-refractivity contribution in [3.8, 4) is 22.5 Å². The summed E-state index contributed by atoms with van der Waals surface area (Å²) in [6, 6.07) is 2.99. The maximum Gasteiger partial charge on any atom is 0.320 e. The van der Waals surface area contributed by atoms with Crippen molar-refractivity contribution in [3.63, 3.8) is 0 Å². The number of piperidine rings is 1. The van der Waals surface area contributed by atoms with E-state index in [0.717, 1.165) is 43.4 Å². The second-order valence-electron chi connectivity index (χ2n) is 9.73. The first-order valence-electron chi connectivity index (χ1n) is 12.5. The molecule has 1 fully saturated rings. The van der Waals surface area contributed by atoms with Gasteiger partial charge < -0.3 is 14.4 Å². The second-order valence-corrected chi connectivity index (χ2v) is 9.73. The SMILES string of the molecule is O=C(N1CCCCC1)N1CCn2cc(-c3c(-c4cnc5cnccn45)[nH][nH]c3=O)c3cc(F)cc(c32)C1. The van der Waals surface area contributed by atoms with Crippen molar-refractivity contribution >= 4 is 22.6 Å². The van der Waals surface area contributed by atoms with E-state index in [-0.39, 0.29) is 11.6 Å². The summed E-state index contributed by atoms with van der Waals surface area (Å²) in [6.07, 6.45) is 11.8. The number of fused-ring (bicyclic) bond motifs is 1. The standard InChI is InChI=1S/C26H25FN8O2/c27-17-10-16-14-34(26(37)32-5-2-1-3-6-32)9-8-33-15-19(18(11-17)24(16)33)22-23(30-31-25(22)36)20-12-29-21-13-28-4-7-35(20)21/h4,7,10-13,15H,1-3,5-6,8-9,14H2,(H2,30,31,36). The van der Waals surface area contributed by atoms with Gasteiger partial charge in [-0.15, -0.1) is 0 Å². The van der Waals surface area contributed by atoms with Gasteiger partial charge in [-0.3, -0.25) is 24.4 Å². The van der Waals surface area contributed by atoms with Crippen molar-refractivity contribution in [2.75, 3.05) is 19.6 Å². The number of H-pyrrole nitrogens is 2. The maximum atomic E-state index is 15.0. The molecule has 1 saturated heterocycles. The highest BCUT2D eigenvalue weighted by Gasteiger charge is 2.28. The first-order valence-corrected chi connectivity index (χ1v) is 12.5. The molecule has 0 atom stereocenters. The molecule has 2 aliphatic rings. The number of likely N-dealkylation sites (tertiary alicyclic amines) is 1. The molecule has 37 heavy (non-hydrogen) atoms. The number of aromatic nitrogens is 6. The molecule has 2 N–H and O–H groups in total. The minimum absolute atomic E-state index is 0.00885. The lowest BCUT2D eigenvalue weighted by Crippen LogP contribution is -2.45. The van der Waals surface area contributed by atoms with E-state index in [9.17, 15) is 14.0 Å². The molecule has 188 valence electrons. The highest BCUT2D eigenvalue weighted by molar-refractivity contribution is 6.00.